The van der Waals surface area contributed by atoms with Crippen molar-refractivity contribution in [2.45, 2.75) is 25.6 Å². The highest BCUT2D eigenvalue weighted by atomic mass is 35.5. The van der Waals surface area contributed by atoms with E-state index in [0.717, 1.165) is 17.5 Å². The fourth-order valence-electron chi connectivity index (χ4n) is 5.03. The molecular formula is C26H30Cl3FN4O4. The van der Waals surface area contributed by atoms with Crippen LogP contribution in [0.3, 0.4) is 0 Å². The smallest absolute Gasteiger partial charge is 0.262 e. The van der Waals surface area contributed by atoms with E-state index in [9.17, 15) is 19.1 Å². The molecule has 1 fully saturated rings. The highest BCUT2D eigenvalue weighted by Crippen LogP contribution is 2.33. The van der Waals surface area contributed by atoms with Gasteiger partial charge in [-0.15, -0.1) is 24.8 Å². The van der Waals surface area contributed by atoms with Crippen LogP contribution < -0.4 is 20.9 Å². The van der Waals surface area contributed by atoms with Gasteiger partial charge in [0, 0.05) is 49.9 Å². The number of likely N-dealkylation sites (tertiary alicyclic amines) is 1. The number of carbonyl (C=O) groups excluding carboxylic acids is 1. The summed E-state index contributed by atoms with van der Waals surface area (Å²) >= 11 is 6.40. The lowest BCUT2D eigenvalue weighted by Crippen LogP contribution is -2.47. The molecule has 0 spiro atoms. The van der Waals surface area contributed by atoms with Crippen LogP contribution in [0.2, 0.25) is 5.02 Å². The molecule has 2 atom stereocenters. The number of hydrogen-bond donors (Lipinski definition) is 3. The first-order valence-corrected chi connectivity index (χ1v) is 12.4. The molecule has 38 heavy (non-hydrogen) atoms. The molecule has 1 saturated heterocycles. The third-order valence-corrected chi connectivity index (χ3v) is 7.07. The summed E-state index contributed by atoms with van der Waals surface area (Å²) in [5, 5.41) is 18.0. The second-order valence-corrected chi connectivity index (χ2v) is 9.86. The number of amides is 1. The molecule has 5 rings (SSSR count). The van der Waals surface area contributed by atoms with Crippen molar-refractivity contribution in [2.24, 2.45) is 5.92 Å². The number of nitrogens with zero attached hydrogens (tertiary/aromatic N) is 2. The Bertz CT molecular complexity index is 1360. The van der Waals surface area contributed by atoms with E-state index < -0.39 is 6.10 Å². The number of benzene rings is 2. The Hall–Kier alpha value is -2.40. The second-order valence-electron chi connectivity index (χ2n) is 9.45. The predicted octanol–water partition coefficient (Wildman–Crippen LogP) is 3.44. The number of aliphatic hydroxyl groups is 1. The highest BCUT2D eigenvalue weighted by Gasteiger charge is 2.26. The molecule has 3 heterocycles. The number of piperidine rings is 1. The van der Waals surface area contributed by atoms with Crippen molar-refractivity contribution in [2.75, 3.05) is 38.1 Å². The number of rotatable bonds is 7. The number of carbonyl (C=O) groups is 1. The molecule has 3 N–H and O–H groups in total. The number of pyridine rings is 1. The number of aliphatic hydroxyl groups excluding tert-OH is 1. The maximum Gasteiger partial charge on any atom is 0.262 e. The van der Waals surface area contributed by atoms with Gasteiger partial charge in [-0.1, -0.05) is 11.6 Å². The number of hydrogen-bond acceptors (Lipinski definition) is 6. The summed E-state index contributed by atoms with van der Waals surface area (Å²) in [5.74, 6) is 0.184. The summed E-state index contributed by atoms with van der Waals surface area (Å²) in [6, 6.07) is 11.2. The fraction of sp³-hybridized carbons (Fsp3) is 0.385. The molecule has 1 amide bonds. The van der Waals surface area contributed by atoms with Crippen molar-refractivity contribution in [3.05, 3.63) is 69.2 Å². The van der Waals surface area contributed by atoms with Gasteiger partial charge in [-0.3, -0.25) is 14.5 Å². The number of nitrogens with one attached hydrogen (secondary N) is 2. The Kier molecular flexibility index (Phi) is 10.4. The molecule has 0 bridgehead atoms. The number of aromatic nitrogens is 1. The molecule has 12 heteroatoms. The minimum atomic E-state index is -0.466. The van der Waals surface area contributed by atoms with Crippen molar-refractivity contribution in [1.29, 1.82) is 0 Å². The van der Waals surface area contributed by atoms with Crippen LogP contribution in [0.4, 0.5) is 10.1 Å². The first kappa shape index (κ1) is 30.1. The van der Waals surface area contributed by atoms with Crippen LogP contribution in [0, 0.1) is 11.7 Å². The topological polar surface area (TPSA) is 95.8 Å². The summed E-state index contributed by atoms with van der Waals surface area (Å²) in [6.45, 7) is 3.42. The first-order valence-electron chi connectivity index (χ1n) is 12.0. The van der Waals surface area contributed by atoms with Crippen molar-refractivity contribution in [3.8, 4) is 5.75 Å². The molecule has 8 nitrogen and oxygen atoms in total. The lowest BCUT2D eigenvalue weighted by molar-refractivity contribution is -0.118. The molecule has 0 radical (unpaired) electrons. The zero-order valence-corrected chi connectivity index (χ0v) is 22.9. The van der Waals surface area contributed by atoms with E-state index in [1.807, 2.05) is 6.07 Å². The highest BCUT2D eigenvalue weighted by molar-refractivity contribution is 6.31. The summed E-state index contributed by atoms with van der Waals surface area (Å²) < 4.78 is 20.8. The number of anilines is 1. The van der Waals surface area contributed by atoms with Gasteiger partial charge in [0.2, 0.25) is 0 Å². The number of ether oxygens (including phenoxy) is 1. The van der Waals surface area contributed by atoms with Gasteiger partial charge in [-0.2, -0.15) is 0 Å². The molecule has 1 aromatic heterocycles. The van der Waals surface area contributed by atoms with Gasteiger partial charge >= 0.3 is 0 Å². The average molecular weight is 588 g/mol. The van der Waals surface area contributed by atoms with E-state index in [1.54, 1.807) is 22.8 Å². The zero-order valence-electron chi connectivity index (χ0n) is 20.5. The van der Waals surface area contributed by atoms with Gasteiger partial charge in [-0.25, -0.2) is 4.39 Å². The fourth-order valence-corrected chi connectivity index (χ4v) is 5.25. The summed E-state index contributed by atoms with van der Waals surface area (Å²) in [7, 11) is 0. The molecule has 2 aromatic carbocycles. The summed E-state index contributed by atoms with van der Waals surface area (Å²) in [6.07, 6.45) is 0.206. The first-order chi connectivity index (χ1) is 17.4. The third kappa shape index (κ3) is 6.97. The van der Waals surface area contributed by atoms with E-state index in [1.165, 1.54) is 18.2 Å². The standard InChI is InChI=1S/C26H28ClFN4O4.2ClH/c27-21-10-24-22(30-25(34)15-36-24)8-18(21)12-29-11-16-7-20(33)14-31(13-16)5-6-32-23-9-19(28)3-1-17(23)2-4-26(32)35;;/h1-4,8-10,16,20,29,33H,5-7,11-15H2,(H,30,34);2*1H/t16-,20-;;/m0../s1. The van der Waals surface area contributed by atoms with E-state index in [2.05, 4.69) is 15.5 Å². The van der Waals surface area contributed by atoms with Crippen LogP contribution in [0.15, 0.2) is 47.3 Å². The van der Waals surface area contributed by atoms with Crippen LogP contribution in [-0.4, -0.2) is 59.4 Å². The van der Waals surface area contributed by atoms with Crippen LogP contribution in [0.1, 0.15) is 12.0 Å². The molecule has 0 unspecified atom stereocenters. The van der Waals surface area contributed by atoms with Gasteiger partial charge in [0.15, 0.2) is 6.61 Å². The minimum absolute atomic E-state index is 0. The van der Waals surface area contributed by atoms with Crippen molar-refractivity contribution in [3.63, 3.8) is 0 Å². The molecule has 0 saturated carbocycles. The molecule has 206 valence electrons. The van der Waals surface area contributed by atoms with E-state index in [4.69, 9.17) is 16.3 Å². The zero-order chi connectivity index (χ0) is 25.2. The van der Waals surface area contributed by atoms with Crippen LogP contribution in [0.25, 0.3) is 10.9 Å². The number of fused-ring (bicyclic) bond motifs is 2. The van der Waals surface area contributed by atoms with E-state index >= 15 is 0 Å². The van der Waals surface area contributed by atoms with E-state index in [-0.39, 0.29) is 54.6 Å². The Labute approximate surface area is 236 Å². The van der Waals surface area contributed by atoms with Gasteiger partial charge in [-0.05, 0) is 60.2 Å². The summed E-state index contributed by atoms with van der Waals surface area (Å²) in [5.41, 5.74) is 1.85. The Morgan fingerprint density at radius 1 is 1.11 bits per heavy atom. The summed E-state index contributed by atoms with van der Waals surface area (Å²) in [4.78, 5) is 26.2. The van der Waals surface area contributed by atoms with Gasteiger partial charge in [0.1, 0.15) is 11.6 Å². The van der Waals surface area contributed by atoms with Gasteiger partial charge in [0.25, 0.3) is 11.5 Å². The SMILES string of the molecule is Cl.Cl.O=C1COc2cc(Cl)c(CNC[C@@H]3C[C@H](O)CN(CCn4c(=O)ccc5ccc(F)cc54)C3)cc2N1. The monoisotopic (exact) mass is 586 g/mol. The van der Waals surface area contributed by atoms with Crippen molar-refractivity contribution >= 4 is 58.9 Å². The third-order valence-electron chi connectivity index (χ3n) is 6.72. The van der Waals surface area contributed by atoms with Crippen LogP contribution >= 0.6 is 36.4 Å². The Morgan fingerprint density at radius 3 is 2.71 bits per heavy atom. The van der Waals surface area contributed by atoms with Crippen molar-refractivity contribution < 1.29 is 19.0 Å². The van der Waals surface area contributed by atoms with Crippen LogP contribution in [-0.2, 0) is 17.9 Å². The van der Waals surface area contributed by atoms with Crippen molar-refractivity contribution in [1.82, 2.24) is 14.8 Å². The molecule has 2 aliphatic rings. The average Bonchev–Trinajstić information content (AvgIpc) is 2.83. The second kappa shape index (κ2) is 13.1. The van der Waals surface area contributed by atoms with E-state index in [0.29, 0.717) is 61.1 Å². The maximum absolute atomic E-state index is 13.8. The minimum Gasteiger partial charge on any atom is -0.482 e. The quantitative estimate of drug-likeness (QED) is 0.392. The maximum atomic E-state index is 13.8. The molecule has 2 aliphatic heterocycles. The number of halogens is 4. The molecular weight excluding hydrogens is 558 g/mol. The normalized spacial score (nSPS) is 19.1. The van der Waals surface area contributed by atoms with Gasteiger partial charge < -0.3 is 25.0 Å². The van der Waals surface area contributed by atoms with Gasteiger partial charge in [0.05, 0.1) is 17.3 Å². The molecule has 0 aliphatic carbocycles. The largest absolute Gasteiger partial charge is 0.482 e. The number of β-amino-alcohol motifs (C(OH)–C–C–N with tert-alkyl or cyclic N) is 1. The Morgan fingerprint density at radius 2 is 1.89 bits per heavy atom. The van der Waals surface area contributed by atoms with Crippen LogP contribution in [0.5, 0.6) is 5.75 Å². The lowest BCUT2D eigenvalue weighted by atomic mass is 9.95. The lowest BCUT2D eigenvalue weighted by Gasteiger charge is -2.36. The molecule has 3 aromatic rings. The predicted molar refractivity (Wildman–Crippen MR) is 150 cm³/mol. The Balaban J connectivity index is 0.00000200.